The summed E-state index contributed by atoms with van der Waals surface area (Å²) in [6.07, 6.45) is 4.54. The van der Waals surface area contributed by atoms with E-state index in [0.29, 0.717) is 36.0 Å². The molecular formula is C32H32N6O5. The molecule has 0 aliphatic heterocycles. The maximum atomic E-state index is 13.3. The maximum absolute atomic E-state index is 13.3. The minimum atomic E-state index is -0.758. The highest BCUT2D eigenvalue weighted by molar-refractivity contribution is 6.03. The number of tetrazole rings is 1. The molecule has 0 amide bonds. The van der Waals surface area contributed by atoms with Crippen molar-refractivity contribution >= 4 is 23.0 Å². The van der Waals surface area contributed by atoms with E-state index in [4.69, 9.17) is 19.5 Å². The third-order valence-corrected chi connectivity index (χ3v) is 7.81. The molecule has 6 rings (SSSR count). The van der Waals surface area contributed by atoms with Crippen molar-refractivity contribution in [2.45, 2.75) is 52.5 Å². The highest BCUT2D eigenvalue weighted by Gasteiger charge is 2.27. The molecule has 0 spiro atoms. The van der Waals surface area contributed by atoms with Crippen LogP contribution in [0, 0.1) is 12.8 Å². The van der Waals surface area contributed by atoms with Crippen molar-refractivity contribution < 1.29 is 24.1 Å². The summed E-state index contributed by atoms with van der Waals surface area (Å²) < 4.78 is 7.76. The summed E-state index contributed by atoms with van der Waals surface area (Å²) in [7, 11) is 0. The largest absolute Gasteiger partial charge is 0.465 e. The van der Waals surface area contributed by atoms with Crippen LogP contribution in [0.5, 0.6) is 6.01 Å². The molecule has 0 unspecified atom stereocenters. The summed E-state index contributed by atoms with van der Waals surface area (Å²) in [5.74, 6) is -0.977. The lowest BCUT2D eigenvalue weighted by Gasteiger charge is -2.18. The van der Waals surface area contributed by atoms with Gasteiger partial charge in [0.2, 0.25) is 5.82 Å². The Hall–Kier alpha value is -5.06. The first kappa shape index (κ1) is 28.1. The molecule has 1 fully saturated rings. The van der Waals surface area contributed by atoms with Crippen LogP contribution in [-0.4, -0.2) is 48.7 Å². The Morgan fingerprint density at radius 2 is 1.72 bits per heavy atom. The molecule has 1 saturated carbocycles. The number of aryl methyl sites for hydroxylation is 1. The molecule has 3 aromatic carbocycles. The van der Waals surface area contributed by atoms with E-state index < -0.39 is 11.9 Å². The van der Waals surface area contributed by atoms with Crippen LogP contribution in [-0.2, 0) is 21.1 Å². The standard InChI is InChI=1S/C32H32N6O5/c1-3-41-32-33-27-20(2)13-18-26(31(40)43-42-30(39)23-9-5-4-6-10-23)28(27)38(32)19-21-14-16-22(17-15-21)24-11-7-8-12-25(24)29-34-36-37-35-29/h7-8,11-18,23H,3-6,9-10,19H2,1-2H3,(H,34,35,36,37). The highest BCUT2D eigenvalue weighted by Crippen LogP contribution is 2.32. The molecule has 1 aliphatic rings. The lowest BCUT2D eigenvalue weighted by atomic mass is 9.89. The summed E-state index contributed by atoms with van der Waals surface area (Å²) in [6.45, 7) is 4.58. The average molecular weight is 581 g/mol. The topological polar surface area (TPSA) is 134 Å². The average Bonchev–Trinajstić information content (AvgIpc) is 3.71. The number of ether oxygens (including phenoxy) is 1. The van der Waals surface area contributed by atoms with E-state index in [1.807, 2.05) is 66.9 Å². The molecule has 0 saturated heterocycles. The molecule has 1 aliphatic carbocycles. The number of carbonyl (C=O) groups excluding carboxylic acids is 2. The van der Waals surface area contributed by atoms with Crippen LogP contribution < -0.4 is 4.74 Å². The molecule has 5 aromatic rings. The Balaban J connectivity index is 1.30. The van der Waals surface area contributed by atoms with Crippen LogP contribution in [0.1, 0.15) is 60.5 Å². The molecule has 2 heterocycles. The van der Waals surface area contributed by atoms with Crippen molar-refractivity contribution in [3.63, 3.8) is 0 Å². The van der Waals surface area contributed by atoms with Gasteiger partial charge >= 0.3 is 11.9 Å². The fraction of sp³-hybridized carbons (Fsp3) is 0.312. The highest BCUT2D eigenvalue weighted by atomic mass is 17.2. The van der Waals surface area contributed by atoms with E-state index in [0.717, 1.165) is 59.9 Å². The van der Waals surface area contributed by atoms with Crippen LogP contribution in [0.3, 0.4) is 0 Å². The lowest BCUT2D eigenvalue weighted by molar-refractivity contribution is -0.239. The number of H-pyrrole nitrogens is 1. The van der Waals surface area contributed by atoms with Gasteiger partial charge in [0.1, 0.15) is 0 Å². The number of nitrogens with one attached hydrogen (secondary N) is 1. The van der Waals surface area contributed by atoms with Crippen LogP contribution >= 0.6 is 0 Å². The number of hydrogen-bond acceptors (Lipinski definition) is 9. The van der Waals surface area contributed by atoms with E-state index in [9.17, 15) is 9.59 Å². The Labute approximate surface area is 248 Å². The van der Waals surface area contributed by atoms with E-state index >= 15 is 0 Å². The van der Waals surface area contributed by atoms with Gasteiger partial charge < -0.3 is 4.74 Å². The summed E-state index contributed by atoms with van der Waals surface area (Å²) in [6, 6.07) is 19.8. The minimum Gasteiger partial charge on any atom is -0.465 e. The summed E-state index contributed by atoms with van der Waals surface area (Å²) in [5, 5.41) is 14.5. The Bertz CT molecular complexity index is 1740. The van der Waals surface area contributed by atoms with Gasteiger partial charge in [-0.15, -0.1) is 10.2 Å². The third kappa shape index (κ3) is 5.83. The van der Waals surface area contributed by atoms with Gasteiger partial charge in [-0.2, -0.15) is 10.2 Å². The Morgan fingerprint density at radius 1 is 0.953 bits per heavy atom. The van der Waals surface area contributed by atoms with E-state index in [-0.39, 0.29) is 11.5 Å². The van der Waals surface area contributed by atoms with Crippen molar-refractivity contribution in [3.05, 3.63) is 77.4 Å². The van der Waals surface area contributed by atoms with Gasteiger partial charge in [0.25, 0.3) is 6.01 Å². The molecule has 220 valence electrons. The van der Waals surface area contributed by atoms with Gasteiger partial charge in [0.05, 0.1) is 35.7 Å². The van der Waals surface area contributed by atoms with Crippen molar-refractivity contribution in [1.82, 2.24) is 30.2 Å². The molecule has 1 N–H and O–H groups in total. The van der Waals surface area contributed by atoms with Crippen molar-refractivity contribution in [1.29, 1.82) is 0 Å². The number of carbonyl (C=O) groups is 2. The number of aromatic amines is 1. The maximum Gasteiger partial charge on any atom is 0.388 e. The fourth-order valence-electron chi connectivity index (χ4n) is 5.61. The van der Waals surface area contributed by atoms with Crippen molar-refractivity contribution in [2.24, 2.45) is 5.92 Å². The zero-order valence-electron chi connectivity index (χ0n) is 24.1. The molecule has 0 bridgehead atoms. The predicted molar refractivity (Wildman–Crippen MR) is 158 cm³/mol. The van der Waals surface area contributed by atoms with Gasteiger partial charge in [-0.3, -0.25) is 4.57 Å². The second-order valence-corrected chi connectivity index (χ2v) is 10.6. The monoisotopic (exact) mass is 580 g/mol. The summed E-state index contributed by atoms with van der Waals surface area (Å²) in [4.78, 5) is 40.6. The smallest absolute Gasteiger partial charge is 0.388 e. The number of imidazole rings is 1. The zero-order valence-corrected chi connectivity index (χ0v) is 24.1. The third-order valence-electron chi connectivity index (χ3n) is 7.81. The van der Waals surface area contributed by atoms with Crippen LogP contribution in [0.15, 0.2) is 60.7 Å². The second kappa shape index (κ2) is 12.4. The van der Waals surface area contributed by atoms with Gasteiger partial charge in [0, 0.05) is 5.56 Å². The van der Waals surface area contributed by atoms with E-state index in [1.165, 1.54) is 0 Å². The van der Waals surface area contributed by atoms with E-state index in [2.05, 4.69) is 20.6 Å². The van der Waals surface area contributed by atoms with Gasteiger partial charge in [-0.05, 0) is 60.2 Å². The van der Waals surface area contributed by atoms with Gasteiger partial charge in [-0.25, -0.2) is 19.4 Å². The molecule has 0 atom stereocenters. The number of rotatable bonds is 8. The SMILES string of the molecule is CCOc1nc2c(C)ccc(C(=O)OOC(=O)C3CCCCC3)c2n1Cc1ccc(-c2ccccc2-c2nn[nH]n2)cc1. The first-order valence-corrected chi connectivity index (χ1v) is 14.5. The molecular weight excluding hydrogens is 548 g/mol. The minimum absolute atomic E-state index is 0.237. The first-order chi connectivity index (χ1) is 21.0. The fourth-order valence-corrected chi connectivity index (χ4v) is 5.61. The van der Waals surface area contributed by atoms with Crippen LogP contribution in [0.4, 0.5) is 0 Å². The van der Waals surface area contributed by atoms with Crippen LogP contribution in [0.2, 0.25) is 0 Å². The summed E-state index contributed by atoms with van der Waals surface area (Å²) >= 11 is 0. The number of fused-ring (bicyclic) bond motifs is 1. The van der Waals surface area contributed by atoms with Crippen molar-refractivity contribution in [2.75, 3.05) is 6.61 Å². The summed E-state index contributed by atoms with van der Waals surface area (Å²) in [5.41, 5.74) is 6.07. The second-order valence-electron chi connectivity index (χ2n) is 10.6. The molecule has 11 nitrogen and oxygen atoms in total. The molecule has 0 radical (unpaired) electrons. The van der Waals surface area contributed by atoms with Crippen LogP contribution in [0.25, 0.3) is 33.5 Å². The van der Waals surface area contributed by atoms with E-state index in [1.54, 1.807) is 12.1 Å². The predicted octanol–water partition coefficient (Wildman–Crippen LogP) is 5.83. The van der Waals surface area contributed by atoms with Gasteiger partial charge in [0.15, 0.2) is 0 Å². The molecule has 43 heavy (non-hydrogen) atoms. The lowest BCUT2D eigenvalue weighted by Crippen LogP contribution is -2.22. The number of hydrogen-bond donors (Lipinski definition) is 1. The van der Waals surface area contributed by atoms with Gasteiger partial charge in [-0.1, -0.05) is 73.9 Å². The molecule has 2 aromatic heterocycles. The number of aromatic nitrogens is 6. The molecule has 11 heteroatoms. The first-order valence-electron chi connectivity index (χ1n) is 14.5. The number of nitrogens with zero attached hydrogens (tertiary/aromatic N) is 5. The Morgan fingerprint density at radius 3 is 2.44 bits per heavy atom. The Kier molecular flexibility index (Phi) is 8.12. The zero-order chi connectivity index (χ0) is 29.8. The van der Waals surface area contributed by atoms with Crippen molar-refractivity contribution in [3.8, 4) is 28.5 Å². The quantitative estimate of drug-likeness (QED) is 0.178. The normalized spacial score (nSPS) is 13.6. The number of benzene rings is 3.